The van der Waals surface area contributed by atoms with Gasteiger partial charge in [0.05, 0.1) is 5.60 Å². The fraction of sp³-hybridized carbons (Fsp3) is 0.414. The van der Waals surface area contributed by atoms with E-state index in [1.807, 2.05) is 36.2 Å². The molecule has 0 unspecified atom stereocenters. The Labute approximate surface area is 208 Å². The van der Waals surface area contributed by atoms with Crippen LogP contribution in [0.5, 0.6) is 11.5 Å². The summed E-state index contributed by atoms with van der Waals surface area (Å²) in [7, 11) is 3.66. The average Bonchev–Trinajstić information content (AvgIpc) is 2.86. The van der Waals surface area contributed by atoms with Gasteiger partial charge in [-0.15, -0.1) is 6.58 Å². The van der Waals surface area contributed by atoms with E-state index in [1.54, 1.807) is 43.5 Å². The molecule has 1 saturated carbocycles. The number of aromatic hydroxyl groups is 2. The fourth-order valence-electron chi connectivity index (χ4n) is 6.13. The maximum absolute atomic E-state index is 13.1. The lowest BCUT2D eigenvalue weighted by atomic mass is 9.55. The highest BCUT2D eigenvalue weighted by atomic mass is 16.5. The number of hydrogen-bond donors (Lipinski definition) is 2. The van der Waals surface area contributed by atoms with Gasteiger partial charge in [-0.1, -0.05) is 30.3 Å². The van der Waals surface area contributed by atoms with Crippen molar-refractivity contribution in [3.8, 4) is 11.5 Å². The Morgan fingerprint density at radius 3 is 2.63 bits per heavy atom. The van der Waals surface area contributed by atoms with E-state index in [2.05, 4.69) is 17.5 Å². The molecule has 35 heavy (non-hydrogen) atoms. The molecule has 6 heteroatoms. The van der Waals surface area contributed by atoms with E-state index in [1.165, 1.54) is 0 Å². The first-order chi connectivity index (χ1) is 16.8. The number of phenolic OH excluding ortho intramolecular Hbond substituents is 2. The zero-order valence-corrected chi connectivity index (χ0v) is 20.7. The van der Waals surface area contributed by atoms with Crippen LogP contribution >= 0.6 is 0 Å². The van der Waals surface area contributed by atoms with Crippen molar-refractivity contribution in [1.29, 1.82) is 0 Å². The molecule has 6 nitrogen and oxygen atoms in total. The highest BCUT2D eigenvalue weighted by molar-refractivity contribution is 5.91. The van der Waals surface area contributed by atoms with E-state index in [0.717, 1.165) is 56.4 Å². The van der Waals surface area contributed by atoms with Crippen LogP contribution in [0.4, 0.5) is 0 Å². The fourth-order valence-corrected chi connectivity index (χ4v) is 6.13. The second-order valence-electron chi connectivity index (χ2n) is 9.88. The van der Waals surface area contributed by atoms with Crippen molar-refractivity contribution in [2.45, 2.75) is 42.7 Å². The highest BCUT2D eigenvalue weighted by Gasteiger charge is 2.59. The topological polar surface area (TPSA) is 73.2 Å². The normalized spacial score (nSPS) is 26.9. The number of amides is 1. The van der Waals surface area contributed by atoms with Gasteiger partial charge in [0.15, 0.2) is 0 Å². The molecule has 0 radical (unpaired) electrons. The third-order valence-corrected chi connectivity index (χ3v) is 8.03. The third kappa shape index (κ3) is 4.86. The molecular weight excluding hydrogens is 440 g/mol. The monoisotopic (exact) mass is 476 g/mol. The third-order valence-electron chi connectivity index (χ3n) is 8.03. The van der Waals surface area contributed by atoms with Crippen LogP contribution in [-0.2, 0) is 14.9 Å². The molecule has 0 bridgehead atoms. The van der Waals surface area contributed by atoms with Gasteiger partial charge in [0.25, 0.3) is 0 Å². The number of fused-ring (bicyclic) bond motifs is 1. The van der Waals surface area contributed by atoms with Gasteiger partial charge < -0.3 is 19.8 Å². The zero-order valence-electron chi connectivity index (χ0n) is 20.7. The molecule has 2 fully saturated rings. The minimum absolute atomic E-state index is 0.0351. The molecule has 0 spiro atoms. The van der Waals surface area contributed by atoms with E-state index in [9.17, 15) is 15.0 Å². The number of ether oxygens (including phenoxy) is 1. The standard InChI is InChI=1S/C29H36N2O4/c1-4-16-31-17-15-28(23-8-6-10-26(33)19-23)20-24(13-14-29(28,21-31)35-3)30(2)27(34)12-11-22-7-5-9-25(32)18-22/h4-12,18-19,24,32-33H,1,13-17,20-21H2,2-3H3/t24-,28-,29-/m0/s1. The Morgan fingerprint density at radius 1 is 1.20 bits per heavy atom. The summed E-state index contributed by atoms with van der Waals surface area (Å²) in [5.74, 6) is 0.349. The van der Waals surface area contributed by atoms with Crippen molar-refractivity contribution in [2.24, 2.45) is 0 Å². The number of benzene rings is 2. The maximum atomic E-state index is 13.1. The van der Waals surface area contributed by atoms with Crippen molar-refractivity contribution in [3.05, 3.63) is 78.4 Å². The molecule has 2 aromatic carbocycles. The van der Waals surface area contributed by atoms with Gasteiger partial charge in [0.2, 0.25) is 5.91 Å². The smallest absolute Gasteiger partial charge is 0.246 e. The molecule has 1 saturated heterocycles. The van der Waals surface area contributed by atoms with Gasteiger partial charge in [-0.25, -0.2) is 0 Å². The number of likely N-dealkylation sites (tertiary alicyclic amines) is 1. The lowest BCUT2D eigenvalue weighted by Crippen LogP contribution is -2.67. The summed E-state index contributed by atoms with van der Waals surface area (Å²) in [6.45, 7) is 6.40. The number of nitrogens with zero attached hydrogens (tertiary/aromatic N) is 2. The van der Waals surface area contributed by atoms with E-state index in [4.69, 9.17) is 4.74 Å². The average molecular weight is 477 g/mol. The van der Waals surface area contributed by atoms with Crippen LogP contribution < -0.4 is 0 Å². The van der Waals surface area contributed by atoms with Crippen LogP contribution in [0.2, 0.25) is 0 Å². The summed E-state index contributed by atoms with van der Waals surface area (Å²) in [4.78, 5) is 17.3. The number of phenols is 2. The van der Waals surface area contributed by atoms with Gasteiger partial charge in [0, 0.05) is 44.8 Å². The van der Waals surface area contributed by atoms with Crippen LogP contribution in [0.25, 0.3) is 6.08 Å². The van der Waals surface area contributed by atoms with E-state index < -0.39 is 5.60 Å². The first-order valence-corrected chi connectivity index (χ1v) is 12.2. The largest absolute Gasteiger partial charge is 0.508 e. The van der Waals surface area contributed by atoms with E-state index >= 15 is 0 Å². The molecule has 1 amide bonds. The van der Waals surface area contributed by atoms with Crippen LogP contribution in [0.3, 0.4) is 0 Å². The molecule has 1 heterocycles. The summed E-state index contributed by atoms with van der Waals surface area (Å²) in [6.07, 6.45) is 8.51. The molecule has 1 aliphatic heterocycles. The van der Waals surface area contributed by atoms with Crippen molar-refractivity contribution < 1.29 is 19.7 Å². The molecular formula is C29H36N2O4. The molecule has 2 N–H and O–H groups in total. The van der Waals surface area contributed by atoms with Crippen molar-refractivity contribution in [1.82, 2.24) is 9.80 Å². The van der Waals surface area contributed by atoms with Crippen molar-refractivity contribution in [3.63, 3.8) is 0 Å². The number of carbonyl (C=O) groups excluding carboxylic acids is 1. The Bertz CT molecular complexity index is 1100. The molecule has 2 aliphatic rings. The second-order valence-corrected chi connectivity index (χ2v) is 9.88. The Kier molecular flexibility index (Phi) is 7.33. The summed E-state index contributed by atoms with van der Waals surface area (Å²) in [5, 5.41) is 20.0. The highest BCUT2D eigenvalue weighted by Crippen LogP contribution is 2.54. The first kappa shape index (κ1) is 25.0. The van der Waals surface area contributed by atoms with Gasteiger partial charge >= 0.3 is 0 Å². The molecule has 2 aromatic rings. The molecule has 1 aliphatic carbocycles. The Hall–Kier alpha value is -3.09. The summed E-state index contributed by atoms with van der Waals surface area (Å²) in [5.41, 5.74) is 1.10. The minimum Gasteiger partial charge on any atom is -0.508 e. The first-order valence-electron chi connectivity index (χ1n) is 12.2. The zero-order chi connectivity index (χ0) is 25.1. The predicted octanol–water partition coefficient (Wildman–Crippen LogP) is 4.34. The summed E-state index contributed by atoms with van der Waals surface area (Å²) < 4.78 is 6.36. The summed E-state index contributed by atoms with van der Waals surface area (Å²) >= 11 is 0. The lowest BCUT2D eigenvalue weighted by molar-refractivity contribution is -0.157. The van der Waals surface area contributed by atoms with E-state index in [-0.39, 0.29) is 28.9 Å². The Balaban J connectivity index is 1.63. The predicted molar refractivity (Wildman–Crippen MR) is 138 cm³/mol. The number of carbonyl (C=O) groups is 1. The van der Waals surface area contributed by atoms with Gasteiger partial charge in [-0.05, 0) is 73.7 Å². The Morgan fingerprint density at radius 2 is 1.94 bits per heavy atom. The number of methoxy groups -OCH3 is 1. The van der Waals surface area contributed by atoms with Gasteiger partial charge in [-0.3, -0.25) is 9.69 Å². The quantitative estimate of drug-likeness (QED) is 0.460. The summed E-state index contributed by atoms with van der Waals surface area (Å²) in [6, 6.07) is 14.4. The van der Waals surface area contributed by atoms with Crippen molar-refractivity contribution >= 4 is 12.0 Å². The van der Waals surface area contributed by atoms with Crippen LogP contribution in [0.15, 0.2) is 67.3 Å². The lowest BCUT2D eigenvalue weighted by Gasteiger charge is -2.60. The number of piperidine rings is 1. The maximum Gasteiger partial charge on any atom is 0.246 e. The van der Waals surface area contributed by atoms with Crippen LogP contribution in [-0.4, -0.2) is 71.4 Å². The molecule has 186 valence electrons. The van der Waals surface area contributed by atoms with Crippen molar-refractivity contribution in [2.75, 3.05) is 33.8 Å². The number of hydrogen-bond acceptors (Lipinski definition) is 5. The van der Waals surface area contributed by atoms with Crippen LogP contribution in [0.1, 0.15) is 36.8 Å². The SMILES string of the molecule is C=CCN1CC[C@@]2(c3cccc(O)c3)C[C@@H](N(C)C(=O)C=Cc3cccc(O)c3)CC[C@]2(OC)C1. The molecule has 0 aromatic heterocycles. The minimum atomic E-state index is -0.417. The molecule has 4 rings (SSSR count). The van der Waals surface area contributed by atoms with E-state index in [0.29, 0.717) is 0 Å². The van der Waals surface area contributed by atoms with Crippen LogP contribution in [0, 0.1) is 0 Å². The second kappa shape index (κ2) is 10.3. The molecule has 3 atom stereocenters. The number of likely N-dealkylation sites (N-methyl/N-ethyl adjacent to an activating group) is 1. The number of rotatable bonds is 7. The van der Waals surface area contributed by atoms with Gasteiger partial charge in [-0.2, -0.15) is 0 Å². The van der Waals surface area contributed by atoms with Gasteiger partial charge in [0.1, 0.15) is 11.5 Å².